The summed E-state index contributed by atoms with van der Waals surface area (Å²) in [5.74, 6) is -0.476. The first-order valence-corrected chi connectivity index (χ1v) is 13.3. The molecule has 4 rings (SSSR count). The van der Waals surface area contributed by atoms with Crippen LogP contribution in [-0.4, -0.2) is 36.3 Å². The van der Waals surface area contributed by atoms with Gasteiger partial charge in [0.1, 0.15) is 5.56 Å². The van der Waals surface area contributed by atoms with Crippen molar-refractivity contribution >= 4 is 26.8 Å². The molecule has 2 aromatic carbocycles. The molecule has 1 aromatic heterocycles. The highest BCUT2D eigenvalue weighted by Crippen LogP contribution is 2.23. The number of sulfonamides is 1. The third-order valence-electron chi connectivity index (χ3n) is 6.41. The highest BCUT2D eigenvalue weighted by atomic mass is 32.2. The molecule has 0 radical (unpaired) electrons. The van der Waals surface area contributed by atoms with Crippen LogP contribution >= 0.6 is 0 Å². The van der Waals surface area contributed by atoms with Crippen LogP contribution in [0.2, 0.25) is 0 Å². The van der Waals surface area contributed by atoms with Crippen LogP contribution in [0.4, 0.5) is 0 Å². The number of benzene rings is 2. The van der Waals surface area contributed by atoms with Gasteiger partial charge in [-0.15, -0.1) is 0 Å². The summed E-state index contributed by atoms with van der Waals surface area (Å²) in [7, 11) is -3.71. The van der Waals surface area contributed by atoms with Gasteiger partial charge in [-0.25, -0.2) is 8.42 Å². The van der Waals surface area contributed by atoms with Crippen molar-refractivity contribution in [2.24, 2.45) is 0 Å². The Balaban J connectivity index is 1.70. The fourth-order valence-electron chi connectivity index (χ4n) is 4.37. The van der Waals surface area contributed by atoms with E-state index in [0.717, 1.165) is 36.8 Å². The number of aryl methyl sites for hydroxylation is 2. The molecule has 34 heavy (non-hydrogen) atoms. The molecule has 7 nitrogen and oxygen atoms in total. The first kappa shape index (κ1) is 24.2. The molecule has 3 aromatic rings. The fourth-order valence-corrected chi connectivity index (χ4v) is 5.92. The molecule has 1 aliphatic rings. The second kappa shape index (κ2) is 10.1. The maximum atomic E-state index is 13.3. The quantitative estimate of drug-likeness (QED) is 0.580. The molecular weight excluding hydrogens is 450 g/mol. The molecule has 0 unspecified atom stereocenters. The Kier molecular flexibility index (Phi) is 7.19. The summed E-state index contributed by atoms with van der Waals surface area (Å²) in [5, 5.41) is 3.05. The van der Waals surface area contributed by atoms with E-state index in [2.05, 4.69) is 5.32 Å². The smallest absolute Gasteiger partial charge is 0.257 e. The SMILES string of the molecule is CCn1cc(C(=O)NCc2ccc(C)cc2)c(=O)c2cc(S(=O)(=O)N3CCCCCC3)ccc21. The molecule has 0 atom stereocenters. The zero-order valence-electron chi connectivity index (χ0n) is 19.7. The highest BCUT2D eigenvalue weighted by molar-refractivity contribution is 7.89. The average Bonchev–Trinajstić information content (AvgIpc) is 3.14. The van der Waals surface area contributed by atoms with Gasteiger partial charge in [-0.1, -0.05) is 42.7 Å². The van der Waals surface area contributed by atoms with Gasteiger partial charge in [0.25, 0.3) is 5.91 Å². The van der Waals surface area contributed by atoms with Gasteiger partial charge in [-0.2, -0.15) is 4.31 Å². The molecule has 8 heteroatoms. The molecule has 180 valence electrons. The van der Waals surface area contributed by atoms with E-state index in [1.165, 1.54) is 10.4 Å². The lowest BCUT2D eigenvalue weighted by Crippen LogP contribution is -2.32. The van der Waals surface area contributed by atoms with Gasteiger partial charge >= 0.3 is 0 Å². The maximum Gasteiger partial charge on any atom is 0.257 e. The standard InChI is InChI=1S/C26H31N3O4S/c1-3-28-18-23(26(31)27-17-20-10-8-19(2)9-11-20)25(30)22-16-21(12-13-24(22)28)34(32,33)29-14-6-4-5-7-15-29/h8-13,16,18H,3-7,14-15,17H2,1-2H3,(H,27,31). The number of pyridine rings is 1. The van der Waals surface area contributed by atoms with Crippen LogP contribution in [0.1, 0.15) is 54.1 Å². The number of aromatic nitrogens is 1. The van der Waals surface area contributed by atoms with E-state index in [1.54, 1.807) is 22.9 Å². The third-order valence-corrected chi connectivity index (χ3v) is 8.31. The summed E-state index contributed by atoms with van der Waals surface area (Å²) in [5.41, 5.74) is 2.21. The fraction of sp³-hybridized carbons (Fsp3) is 0.385. The number of hydrogen-bond acceptors (Lipinski definition) is 4. The monoisotopic (exact) mass is 481 g/mol. The molecule has 0 saturated carbocycles. The van der Waals surface area contributed by atoms with Gasteiger partial charge in [-0.3, -0.25) is 9.59 Å². The first-order valence-electron chi connectivity index (χ1n) is 11.8. The zero-order chi connectivity index (χ0) is 24.3. The topological polar surface area (TPSA) is 88.5 Å². The summed E-state index contributed by atoms with van der Waals surface area (Å²) in [6.07, 6.45) is 5.26. The van der Waals surface area contributed by atoms with Gasteiger partial charge in [-0.05, 0) is 50.5 Å². The number of hydrogen-bond donors (Lipinski definition) is 1. The largest absolute Gasteiger partial charge is 0.348 e. The molecule has 1 N–H and O–H groups in total. The van der Waals surface area contributed by atoms with E-state index in [-0.39, 0.29) is 15.8 Å². The van der Waals surface area contributed by atoms with E-state index in [9.17, 15) is 18.0 Å². The van der Waals surface area contributed by atoms with Gasteiger partial charge in [0.2, 0.25) is 15.5 Å². The molecular formula is C26H31N3O4S. The Morgan fingerprint density at radius 2 is 1.68 bits per heavy atom. The lowest BCUT2D eigenvalue weighted by molar-refractivity contribution is 0.0949. The van der Waals surface area contributed by atoms with Gasteiger partial charge in [0.05, 0.1) is 10.4 Å². The minimum Gasteiger partial charge on any atom is -0.348 e. The van der Waals surface area contributed by atoms with Crippen LogP contribution in [0.5, 0.6) is 0 Å². The number of fused-ring (bicyclic) bond motifs is 1. The van der Waals surface area contributed by atoms with Crippen LogP contribution < -0.4 is 10.7 Å². The number of amides is 1. The summed E-state index contributed by atoms with van der Waals surface area (Å²) < 4.78 is 29.9. The van der Waals surface area contributed by atoms with E-state index < -0.39 is 21.4 Å². The minimum absolute atomic E-state index is 0.00535. The van der Waals surface area contributed by atoms with Crippen molar-refractivity contribution in [2.75, 3.05) is 13.1 Å². The van der Waals surface area contributed by atoms with Gasteiger partial charge in [0, 0.05) is 37.8 Å². The molecule has 0 spiro atoms. The highest BCUT2D eigenvalue weighted by Gasteiger charge is 2.26. The second-order valence-corrected chi connectivity index (χ2v) is 10.8. The molecule has 2 heterocycles. The van der Waals surface area contributed by atoms with E-state index in [4.69, 9.17) is 0 Å². The lowest BCUT2D eigenvalue weighted by atomic mass is 10.1. The van der Waals surface area contributed by atoms with Crippen LogP contribution in [0.15, 0.2) is 58.4 Å². The second-order valence-electron chi connectivity index (χ2n) is 8.82. The molecule has 1 saturated heterocycles. The van der Waals surface area contributed by atoms with Crippen molar-refractivity contribution < 1.29 is 13.2 Å². The van der Waals surface area contributed by atoms with Crippen molar-refractivity contribution in [1.82, 2.24) is 14.2 Å². The van der Waals surface area contributed by atoms with Crippen LogP contribution in [0, 0.1) is 6.92 Å². The Hall–Kier alpha value is -2.97. The Labute approximate surface area is 200 Å². The van der Waals surface area contributed by atoms with Gasteiger partial charge < -0.3 is 9.88 Å². The van der Waals surface area contributed by atoms with Crippen LogP contribution in [0.25, 0.3) is 10.9 Å². The minimum atomic E-state index is -3.71. The molecule has 0 aliphatic carbocycles. The number of carbonyl (C=O) groups is 1. The van der Waals surface area contributed by atoms with Crippen molar-refractivity contribution in [1.29, 1.82) is 0 Å². The van der Waals surface area contributed by atoms with Crippen molar-refractivity contribution in [2.45, 2.75) is 57.5 Å². The predicted octanol–water partition coefficient (Wildman–Crippen LogP) is 3.82. The molecule has 1 fully saturated rings. The number of rotatable bonds is 6. The zero-order valence-corrected chi connectivity index (χ0v) is 20.5. The van der Waals surface area contributed by atoms with Gasteiger partial charge in [0.15, 0.2) is 0 Å². The Morgan fingerprint density at radius 3 is 2.32 bits per heavy atom. The molecule has 1 aliphatic heterocycles. The lowest BCUT2D eigenvalue weighted by Gasteiger charge is -2.20. The van der Waals surface area contributed by atoms with Crippen molar-refractivity contribution in [3.63, 3.8) is 0 Å². The summed E-state index contributed by atoms with van der Waals surface area (Å²) in [6, 6.07) is 12.5. The molecule has 1 amide bonds. The normalized spacial score (nSPS) is 15.2. The first-order chi connectivity index (χ1) is 16.3. The number of nitrogens with one attached hydrogen (secondary N) is 1. The predicted molar refractivity (Wildman–Crippen MR) is 133 cm³/mol. The van der Waals surface area contributed by atoms with Crippen molar-refractivity contribution in [3.05, 3.63) is 75.6 Å². The number of carbonyl (C=O) groups excluding carboxylic acids is 1. The van der Waals surface area contributed by atoms with Crippen LogP contribution in [-0.2, 0) is 23.1 Å². The van der Waals surface area contributed by atoms with E-state index in [1.807, 2.05) is 38.1 Å². The number of nitrogens with zero attached hydrogens (tertiary/aromatic N) is 2. The van der Waals surface area contributed by atoms with E-state index >= 15 is 0 Å². The Bertz CT molecular complexity index is 1350. The van der Waals surface area contributed by atoms with Crippen LogP contribution in [0.3, 0.4) is 0 Å². The summed E-state index contributed by atoms with van der Waals surface area (Å²) in [6.45, 7) is 5.72. The maximum absolute atomic E-state index is 13.3. The summed E-state index contributed by atoms with van der Waals surface area (Å²) >= 11 is 0. The third kappa shape index (κ3) is 4.93. The molecule has 0 bridgehead atoms. The Morgan fingerprint density at radius 1 is 1.00 bits per heavy atom. The van der Waals surface area contributed by atoms with Crippen molar-refractivity contribution in [3.8, 4) is 0 Å². The average molecular weight is 482 g/mol. The summed E-state index contributed by atoms with van der Waals surface area (Å²) in [4.78, 5) is 26.4. The van der Waals surface area contributed by atoms with E-state index in [0.29, 0.717) is 31.7 Å².